The van der Waals surface area contributed by atoms with Crippen molar-refractivity contribution >= 4 is 5.69 Å². The van der Waals surface area contributed by atoms with E-state index in [0.717, 1.165) is 17.8 Å². The normalized spacial score (nSPS) is 20.2. The molecule has 24 heavy (non-hydrogen) atoms. The standard InChI is InChI=1S/C18H19N5O/c24-16-7-3-14(4-8-16)20-18-11-17(21-22-18)13-1-5-15(6-2-13)23-10-9-19-12-23/h1-10,12,17-18,20-22,24H,11H2. The van der Waals surface area contributed by atoms with Gasteiger partial charge < -0.3 is 15.0 Å². The molecule has 4 N–H and O–H groups in total. The first-order valence-electron chi connectivity index (χ1n) is 7.93. The molecule has 122 valence electrons. The number of hydrazine groups is 1. The zero-order valence-electron chi connectivity index (χ0n) is 13.1. The highest BCUT2D eigenvalue weighted by molar-refractivity contribution is 5.47. The molecule has 3 aromatic rings. The zero-order valence-corrected chi connectivity index (χ0v) is 13.1. The number of benzene rings is 2. The Morgan fingerprint density at radius 3 is 2.54 bits per heavy atom. The van der Waals surface area contributed by atoms with Crippen molar-refractivity contribution in [3.05, 3.63) is 72.8 Å². The van der Waals surface area contributed by atoms with E-state index in [4.69, 9.17) is 0 Å². The van der Waals surface area contributed by atoms with Gasteiger partial charge in [-0.2, -0.15) is 0 Å². The van der Waals surface area contributed by atoms with Gasteiger partial charge in [0, 0.05) is 36.2 Å². The van der Waals surface area contributed by atoms with Gasteiger partial charge in [0.25, 0.3) is 0 Å². The van der Waals surface area contributed by atoms with E-state index in [0.29, 0.717) is 0 Å². The van der Waals surface area contributed by atoms with Crippen molar-refractivity contribution in [1.29, 1.82) is 0 Å². The van der Waals surface area contributed by atoms with Crippen LogP contribution in [0, 0.1) is 0 Å². The van der Waals surface area contributed by atoms with Crippen LogP contribution >= 0.6 is 0 Å². The molecule has 2 aromatic carbocycles. The van der Waals surface area contributed by atoms with Gasteiger partial charge in [-0.25, -0.2) is 15.8 Å². The lowest BCUT2D eigenvalue weighted by Crippen LogP contribution is -2.35. The van der Waals surface area contributed by atoms with Crippen LogP contribution in [-0.4, -0.2) is 20.8 Å². The number of hydrogen-bond donors (Lipinski definition) is 4. The van der Waals surface area contributed by atoms with Crippen LogP contribution in [0.4, 0.5) is 5.69 Å². The topological polar surface area (TPSA) is 74.1 Å². The molecular weight excluding hydrogens is 302 g/mol. The number of phenols is 1. The van der Waals surface area contributed by atoms with Crippen molar-refractivity contribution in [2.45, 2.75) is 18.6 Å². The number of aromatic nitrogens is 2. The molecule has 0 spiro atoms. The highest BCUT2D eigenvalue weighted by atomic mass is 16.3. The monoisotopic (exact) mass is 321 g/mol. The van der Waals surface area contributed by atoms with Crippen molar-refractivity contribution in [2.24, 2.45) is 0 Å². The Labute approximate surface area is 140 Å². The molecule has 6 nitrogen and oxygen atoms in total. The Balaban J connectivity index is 1.40. The van der Waals surface area contributed by atoms with E-state index < -0.39 is 0 Å². The average Bonchev–Trinajstić information content (AvgIpc) is 3.29. The van der Waals surface area contributed by atoms with Crippen LogP contribution in [0.5, 0.6) is 5.75 Å². The lowest BCUT2D eigenvalue weighted by Gasteiger charge is -2.13. The van der Waals surface area contributed by atoms with Gasteiger partial charge >= 0.3 is 0 Å². The van der Waals surface area contributed by atoms with Crippen LogP contribution in [0.25, 0.3) is 5.69 Å². The first kappa shape index (κ1) is 14.7. The summed E-state index contributed by atoms with van der Waals surface area (Å²) in [6, 6.07) is 15.8. The van der Waals surface area contributed by atoms with Crippen LogP contribution in [0.15, 0.2) is 67.3 Å². The predicted octanol–water partition coefficient (Wildman–Crippen LogP) is 2.56. The number of imidazole rings is 1. The van der Waals surface area contributed by atoms with Gasteiger partial charge in [-0.05, 0) is 42.0 Å². The van der Waals surface area contributed by atoms with Crippen molar-refractivity contribution < 1.29 is 5.11 Å². The van der Waals surface area contributed by atoms with Crippen LogP contribution in [-0.2, 0) is 0 Å². The summed E-state index contributed by atoms with van der Waals surface area (Å²) in [5.41, 5.74) is 9.91. The van der Waals surface area contributed by atoms with Gasteiger partial charge in [-0.3, -0.25) is 0 Å². The Hall–Kier alpha value is -2.83. The van der Waals surface area contributed by atoms with Gasteiger partial charge in [0.15, 0.2) is 0 Å². The second-order valence-corrected chi connectivity index (χ2v) is 5.88. The number of nitrogens with zero attached hydrogens (tertiary/aromatic N) is 2. The SMILES string of the molecule is Oc1ccc(NC2CC(c3ccc(-n4ccnc4)cc3)NN2)cc1. The Kier molecular flexibility index (Phi) is 3.90. The van der Waals surface area contributed by atoms with E-state index in [1.807, 2.05) is 22.9 Å². The molecule has 0 aliphatic carbocycles. The van der Waals surface area contributed by atoms with Gasteiger partial charge in [0.2, 0.25) is 0 Å². The maximum absolute atomic E-state index is 9.34. The number of nitrogens with one attached hydrogen (secondary N) is 3. The summed E-state index contributed by atoms with van der Waals surface area (Å²) in [6.45, 7) is 0. The number of rotatable bonds is 4. The molecule has 4 rings (SSSR count). The lowest BCUT2D eigenvalue weighted by atomic mass is 10.0. The molecule has 0 radical (unpaired) electrons. The fraction of sp³-hybridized carbons (Fsp3) is 0.167. The van der Waals surface area contributed by atoms with Crippen molar-refractivity contribution in [3.8, 4) is 11.4 Å². The molecule has 0 saturated carbocycles. The molecule has 1 aliphatic rings. The van der Waals surface area contributed by atoms with E-state index in [1.165, 1.54) is 5.56 Å². The van der Waals surface area contributed by atoms with E-state index in [-0.39, 0.29) is 18.0 Å². The lowest BCUT2D eigenvalue weighted by molar-refractivity contribution is 0.475. The molecule has 2 unspecified atom stereocenters. The minimum atomic E-state index is 0.132. The third kappa shape index (κ3) is 3.10. The highest BCUT2D eigenvalue weighted by Gasteiger charge is 2.24. The Bertz CT molecular complexity index is 783. The van der Waals surface area contributed by atoms with Crippen molar-refractivity contribution in [3.63, 3.8) is 0 Å². The highest BCUT2D eigenvalue weighted by Crippen LogP contribution is 2.24. The van der Waals surface area contributed by atoms with Crippen LogP contribution in [0.2, 0.25) is 0 Å². The molecule has 1 aromatic heterocycles. The third-order valence-corrected chi connectivity index (χ3v) is 4.21. The Morgan fingerprint density at radius 2 is 1.83 bits per heavy atom. The van der Waals surface area contributed by atoms with Crippen molar-refractivity contribution in [1.82, 2.24) is 20.4 Å². The summed E-state index contributed by atoms with van der Waals surface area (Å²) >= 11 is 0. The van der Waals surface area contributed by atoms with Crippen LogP contribution in [0.3, 0.4) is 0 Å². The smallest absolute Gasteiger partial charge is 0.115 e. The molecule has 0 bridgehead atoms. The fourth-order valence-electron chi connectivity index (χ4n) is 2.92. The average molecular weight is 321 g/mol. The molecule has 6 heteroatoms. The maximum Gasteiger partial charge on any atom is 0.115 e. The van der Waals surface area contributed by atoms with Gasteiger partial charge in [0.05, 0.1) is 12.5 Å². The molecule has 1 aliphatic heterocycles. The summed E-state index contributed by atoms with van der Waals surface area (Å²) in [5.74, 6) is 0.272. The van der Waals surface area contributed by atoms with Gasteiger partial charge in [0.1, 0.15) is 5.75 Å². The summed E-state index contributed by atoms with van der Waals surface area (Å²) in [6.07, 6.45) is 6.55. The van der Waals surface area contributed by atoms with Crippen LogP contribution in [0.1, 0.15) is 18.0 Å². The largest absolute Gasteiger partial charge is 0.508 e. The third-order valence-electron chi connectivity index (χ3n) is 4.21. The molecular formula is C18H19N5O. The summed E-state index contributed by atoms with van der Waals surface area (Å²) < 4.78 is 1.99. The van der Waals surface area contributed by atoms with E-state index in [2.05, 4.69) is 45.4 Å². The second kappa shape index (κ2) is 6.35. The number of anilines is 1. The number of phenolic OH excluding ortho intramolecular Hbond substituents is 1. The van der Waals surface area contributed by atoms with Gasteiger partial charge in [-0.1, -0.05) is 12.1 Å². The summed E-state index contributed by atoms with van der Waals surface area (Å²) in [5, 5.41) is 12.7. The van der Waals surface area contributed by atoms with E-state index in [9.17, 15) is 5.11 Å². The van der Waals surface area contributed by atoms with Crippen molar-refractivity contribution in [2.75, 3.05) is 5.32 Å². The molecule has 1 fully saturated rings. The second-order valence-electron chi connectivity index (χ2n) is 5.88. The summed E-state index contributed by atoms with van der Waals surface area (Å²) in [4.78, 5) is 4.07. The minimum absolute atomic E-state index is 0.132. The number of aromatic hydroxyl groups is 1. The fourth-order valence-corrected chi connectivity index (χ4v) is 2.92. The minimum Gasteiger partial charge on any atom is -0.508 e. The first-order valence-corrected chi connectivity index (χ1v) is 7.93. The van der Waals surface area contributed by atoms with Crippen LogP contribution < -0.4 is 16.2 Å². The summed E-state index contributed by atoms with van der Waals surface area (Å²) in [7, 11) is 0. The van der Waals surface area contributed by atoms with Gasteiger partial charge in [-0.15, -0.1) is 0 Å². The quantitative estimate of drug-likeness (QED) is 0.556. The first-order chi connectivity index (χ1) is 11.8. The molecule has 0 amide bonds. The zero-order chi connectivity index (χ0) is 16.4. The molecule has 2 heterocycles. The van der Waals surface area contributed by atoms with E-state index >= 15 is 0 Å². The Morgan fingerprint density at radius 1 is 1.04 bits per heavy atom. The predicted molar refractivity (Wildman–Crippen MR) is 92.7 cm³/mol. The molecule has 1 saturated heterocycles. The maximum atomic E-state index is 9.34. The molecule has 2 atom stereocenters. The number of hydrogen-bond acceptors (Lipinski definition) is 5. The van der Waals surface area contributed by atoms with E-state index in [1.54, 1.807) is 24.7 Å².